The first-order chi connectivity index (χ1) is 16.3. The zero-order valence-corrected chi connectivity index (χ0v) is 18.9. The van der Waals surface area contributed by atoms with Gasteiger partial charge in [-0.25, -0.2) is 0 Å². The highest BCUT2D eigenvalue weighted by Crippen LogP contribution is 2.30. The Morgan fingerprint density at radius 1 is 1.00 bits per heavy atom. The van der Waals surface area contributed by atoms with Gasteiger partial charge in [0.1, 0.15) is 0 Å². The van der Waals surface area contributed by atoms with Gasteiger partial charge in [0.25, 0.3) is 5.91 Å². The molecule has 1 aliphatic rings. The fraction of sp³-hybridized carbons (Fsp3) is 0.308. The number of nitrogens with one attached hydrogen (secondary N) is 1. The molecule has 0 spiro atoms. The summed E-state index contributed by atoms with van der Waals surface area (Å²) in [6.45, 7) is 6.83. The number of hydrogen-bond acceptors (Lipinski definition) is 4. The van der Waals surface area contributed by atoms with Crippen LogP contribution < -0.4 is 5.32 Å². The molecule has 0 saturated carbocycles. The molecule has 178 valence electrons. The Balaban J connectivity index is 1.29. The number of anilines is 1. The van der Waals surface area contributed by atoms with Crippen molar-refractivity contribution in [3.05, 3.63) is 95.3 Å². The van der Waals surface area contributed by atoms with Crippen molar-refractivity contribution in [3.8, 4) is 0 Å². The first kappa shape index (κ1) is 23.9. The molecule has 2 heterocycles. The van der Waals surface area contributed by atoms with E-state index in [0.717, 1.165) is 50.4 Å². The minimum absolute atomic E-state index is 0.319. The second-order valence-corrected chi connectivity index (χ2v) is 8.64. The number of carbonyl (C=O) groups is 1. The van der Waals surface area contributed by atoms with Crippen molar-refractivity contribution in [2.45, 2.75) is 32.2 Å². The van der Waals surface area contributed by atoms with Crippen LogP contribution in [0.15, 0.2) is 73.1 Å². The molecule has 1 atom stereocenters. The minimum Gasteiger partial charge on any atom is -0.322 e. The van der Waals surface area contributed by atoms with Gasteiger partial charge in [0.05, 0.1) is 5.56 Å². The van der Waals surface area contributed by atoms with Crippen LogP contribution in [0.1, 0.15) is 34.0 Å². The van der Waals surface area contributed by atoms with E-state index in [9.17, 15) is 18.0 Å². The Morgan fingerprint density at radius 2 is 1.74 bits per heavy atom. The number of aromatic nitrogens is 1. The molecular formula is C26H27F3N4O. The number of halogens is 3. The zero-order valence-electron chi connectivity index (χ0n) is 18.9. The summed E-state index contributed by atoms with van der Waals surface area (Å²) in [4.78, 5) is 21.5. The third kappa shape index (κ3) is 6.21. The summed E-state index contributed by atoms with van der Waals surface area (Å²) in [6, 6.07) is 16.2. The van der Waals surface area contributed by atoms with Gasteiger partial charge in [-0.2, -0.15) is 13.2 Å². The number of nitrogens with zero attached hydrogens (tertiary/aromatic N) is 3. The number of alkyl halides is 3. The van der Waals surface area contributed by atoms with Gasteiger partial charge in [0, 0.05) is 62.4 Å². The van der Waals surface area contributed by atoms with E-state index >= 15 is 0 Å². The summed E-state index contributed by atoms with van der Waals surface area (Å²) in [6.07, 6.45) is -0.706. The van der Waals surface area contributed by atoms with E-state index < -0.39 is 11.7 Å². The Bertz CT molecular complexity index is 1090. The number of benzene rings is 2. The summed E-state index contributed by atoms with van der Waals surface area (Å²) in [5, 5.41) is 2.64. The van der Waals surface area contributed by atoms with Crippen molar-refractivity contribution < 1.29 is 18.0 Å². The van der Waals surface area contributed by atoms with Crippen LogP contribution in [0, 0.1) is 0 Å². The highest BCUT2D eigenvalue weighted by Gasteiger charge is 2.30. The first-order valence-corrected chi connectivity index (χ1v) is 11.2. The second kappa shape index (κ2) is 10.4. The van der Waals surface area contributed by atoms with Crippen LogP contribution in [-0.2, 0) is 19.3 Å². The average Bonchev–Trinajstić information content (AvgIpc) is 2.82. The minimum atomic E-state index is -4.40. The van der Waals surface area contributed by atoms with Crippen LogP contribution >= 0.6 is 0 Å². The maximum absolute atomic E-state index is 12.7. The maximum atomic E-state index is 12.7. The lowest BCUT2D eigenvalue weighted by atomic mass is 10.1. The normalized spacial score (nSPS) is 17.5. The zero-order chi connectivity index (χ0) is 24.1. The van der Waals surface area contributed by atoms with Crippen LogP contribution in [0.3, 0.4) is 0 Å². The van der Waals surface area contributed by atoms with Crippen molar-refractivity contribution in [1.29, 1.82) is 0 Å². The van der Waals surface area contributed by atoms with Crippen LogP contribution in [0.4, 0.5) is 18.9 Å². The molecular weight excluding hydrogens is 441 g/mol. The second-order valence-electron chi connectivity index (χ2n) is 8.64. The Hall–Kier alpha value is -3.23. The number of piperazine rings is 1. The third-order valence-corrected chi connectivity index (χ3v) is 6.05. The monoisotopic (exact) mass is 468 g/mol. The van der Waals surface area contributed by atoms with E-state index in [1.165, 1.54) is 17.7 Å². The molecule has 1 N–H and O–H groups in total. The van der Waals surface area contributed by atoms with Gasteiger partial charge in [0.2, 0.25) is 0 Å². The molecule has 5 nitrogen and oxygen atoms in total. The van der Waals surface area contributed by atoms with Crippen molar-refractivity contribution in [3.63, 3.8) is 0 Å². The topological polar surface area (TPSA) is 48.5 Å². The molecule has 1 amide bonds. The maximum Gasteiger partial charge on any atom is 0.416 e. The molecule has 8 heteroatoms. The fourth-order valence-corrected chi connectivity index (χ4v) is 4.14. The number of carbonyl (C=O) groups excluding carboxylic acids is 1. The SMILES string of the molecule is C[C@@H]1CN(Cc2cccnc2)CCN1Cc1ccc(C(=O)Nc2ccc(C(F)(F)F)cc2)cc1. The predicted molar refractivity (Wildman–Crippen MR) is 125 cm³/mol. The van der Waals surface area contributed by atoms with Gasteiger partial charge in [-0.15, -0.1) is 0 Å². The summed E-state index contributed by atoms with van der Waals surface area (Å²) >= 11 is 0. The van der Waals surface area contributed by atoms with Gasteiger partial charge >= 0.3 is 6.18 Å². The van der Waals surface area contributed by atoms with Gasteiger partial charge in [-0.1, -0.05) is 18.2 Å². The molecule has 34 heavy (non-hydrogen) atoms. The molecule has 4 rings (SSSR count). The fourth-order valence-electron chi connectivity index (χ4n) is 4.14. The van der Waals surface area contributed by atoms with Crippen LogP contribution in [0.5, 0.6) is 0 Å². The average molecular weight is 469 g/mol. The quantitative estimate of drug-likeness (QED) is 0.550. The lowest BCUT2D eigenvalue weighted by Crippen LogP contribution is -2.50. The van der Waals surface area contributed by atoms with E-state index in [4.69, 9.17) is 0 Å². The van der Waals surface area contributed by atoms with Gasteiger partial charge in [-0.05, 0) is 60.5 Å². The smallest absolute Gasteiger partial charge is 0.322 e. The van der Waals surface area contributed by atoms with Gasteiger partial charge in [0.15, 0.2) is 0 Å². The molecule has 1 fully saturated rings. The van der Waals surface area contributed by atoms with Crippen molar-refractivity contribution in [2.24, 2.45) is 0 Å². The largest absolute Gasteiger partial charge is 0.416 e. The van der Waals surface area contributed by atoms with Crippen molar-refractivity contribution in [2.75, 3.05) is 25.0 Å². The Labute approximate surface area is 197 Å². The predicted octanol–water partition coefficient (Wildman–Crippen LogP) is 5.06. The number of amides is 1. The van der Waals surface area contributed by atoms with Crippen molar-refractivity contribution >= 4 is 11.6 Å². The summed E-state index contributed by atoms with van der Waals surface area (Å²) in [7, 11) is 0. The molecule has 0 unspecified atom stereocenters. The molecule has 2 aromatic carbocycles. The van der Waals surface area contributed by atoms with Gasteiger partial charge < -0.3 is 5.32 Å². The van der Waals surface area contributed by atoms with Crippen molar-refractivity contribution in [1.82, 2.24) is 14.8 Å². The highest BCUT2D eigenvalue weighted by atomic mass is 19.4. The van der Waals surface area contributed by atoms with E-state index in [-0.39, 0.29) is 5.91 Å². The number of rotatable bonds is 6. The number of pyridine rings is 1. The van der Waals surface area contributed by atoms with Crippen LogP contribution in [-0.4, -0.2) is 46.4 Å². The van der Waals surface area contributed by atoms with E-state index in [1.54, 1.807) is 18.3 Å². The molecule has 0 bridgehead atoms. The Morgan fingerprint density at radius 3 is 2.35 bits per heavy atom. The summed E-state index contributed by atoms with van der Waals surface area (Å²) in [5.74, 6) is -0.358. The molecule has 1 aromatic heterocycles. The molecule has 1 aliphatic heterocycles. The van der Waals surface area contributed by atoms with Crippen LogP contribution in [0.2, 0.25) is 0 Å². The lowest BCUT2D eigenvalue weighted by molar-refractivity contribution is -0.137. The Kier molecular flexibility index (Phi) is 7.29. The molecule has 0 radical (unpaired) electrons. The first-order valence-electron chi connectivity index (χ1n) is 11.2. The highest BCUT2D eigenvalue weighted by molar-refractivity contribution is 6.04. The van der Waals surface area contributed by atoms with E-state index in [1.807, 2.05) is 24.4 Å². The van der Waals surface area contributed by atoms with E-state index in [2.05, 4.69) is 33.1 Å². The molecule has 3 aromatic rings. The molecule has 1 saturated heterocycles. The summed E-state index contributed by atoms with van der Waals surface area (Å²) in [5.41, 5.74) is 2.35. The van der Waals surface area contributed by atoms with Gasteiger partial charge in [-0.3, -0.25) is 19.6 Å². The van der Waals surface area contributed by atoms with Crippen LogP contribution in [0.25, 0.3) is 0 Å². The standard InChI is InChI=1S/C26H27F3N4O/c1-19-16-32(17-21-3-2-12-30-15-21)13-14-33(19)18-20-4-6-22(7-5-20)25(34)31-24-10-8-23(9-11-24)26(27,28)29/h2-12,15,19H,13-14,16-18H2,1H3,(H,31,34)/t19-/m1/s1. The summed E-state index contributed by atoms with van der Waals surface area (Å²) < 4.78 is 38.1. The molecule has 0 aliphatic carbocycles. The third-order valence-electron chi connectivity index (χ3n) is 6.05. The lowest BCUT2D eigenvalue weighted by Gasteiger charge is -2.40. The van der Waals surface area contributed by atoms with E-state index in [0.29, 0.717) is 17.3 Å². The number of hydrogen-bond donors (Lipinski definition) is 1.